The molecular formula is C35H30ClIN4O7S. The van der Waals surface area contributed by atoms with Gasteiger partial charge >= 0.3 is 0 Å². The first-order valence-corrected chi connectivity index (χ1v) is 18.0. The Kier molecular flexibility index (Phi) is 7.35. The van der Waals surface area contributed by atoms with Gasteiger partial charge in [-0.15, -0.1) is 11.3 Å². The number of carbonyl (C=O) groups excluding carboxylic acids is 4. The predicted molar refractivity (Wildman–Crippen MR) is 189 cm³/mol. The summed E-state index contributed by atoms with van der Waals surface area (Å²) in [5.41, 5.74) is 1.68. The fourth-order valence-corrected chi connectivity index (χ4v) is 10.7. The topological polar surface area (TPSA) is 142 Å². The van der Waals surface area contributed by atoms with E-state index < -0.39 is 58.6 Å². The summed E-state index contributed by atoms with van der Waals surface area (Å²) in [5, 5.41) is 27.6. The Labute approximate surface area is 303 Å². The summed E-state index contributed by atoms with van der Waals surface area (Å²) in [4.78, 5) is 57.9. The molecule has 6 unspecified atom stereocenters. The molecular weight excluding hydrogens is 783 g/mol. The van der Waals surface area contributed by atoms with E-state index in [1.54, 1.807) is 43.5 Å². The number of rotatable bonds is 4. The van der Waals surface area contributed by atoms with E-state index in [-0.39, 0.29) is 29.4 Å². The molecule has 2 aliphatic heterocycles. The number of aromatic hydroxyl groups is 1. The number of methoxy groups -OCH3 is 1. The first kappa shape index (κ1) is 32.4. The van der Waals surface area contributed by atoms with Gasteiger partial charge in [0.05, 0.1) is 38.7 Å². The fourth-order valence-electron chi connectivity index (χ4n) is 8.73. The third kappa shape index (κ3) is 4.37. The number of halogens is 2. The number of carbonyl (C=O) groups is 4. The van der Waals surface area contributed by atoms with Gasteiger partial charge in [-0.25, -0.2) is 4.90 Å². The van der Waals surface area contributed by atoms with Crippen molar-refractivity contribution < 1.29 is 34.2 Å². The summed E-state index contributed by atoms with van der Waals surface area (Å²) in [6.07, 6.45) is 2.24. The molecule has 2 aliphatic carbocycles. The van der Waals surface area contributed by atoms with Gasteiger partial charge in [-0.3, -0.25) is 29.1 Å². The summed E-state index contributed by atoms with van der Waals surface area (Å²) >= 11 is 9.83. The molecule has 4 aromatic rings. The second-order valence-corrected chi connectivity index (χ2v) is 16.1. The number of aromatic nitrogens is 2. The highest BCUT2D eigenvalue weighted by molar-refractivity contribution is 14.1. The largest absolute Gasteiger partial charge is 0.504 e. The molecule has 11 nitrogen and oxygen atoms in total. The van der Waals surface area contributed by atoms with Crippen LogP contribution in [-0.2, 0) is 26.2 Å². The summed E-state index contributed by atoms with van der Waals surface area (Å²) < 4.78 is 8.56. The molecule has 14 heteroatoms. The number of fused-ring (bicyclic) bond motifs is 5. The maximum absolute atomic E-state index is 14.9. The Morgan fingerprint density at radius 2 is 1.84 bits per heavy atom. The molecule has 3 fully saturated rings. The minimum Gasteiger partial charge on any atom is -0.504 e. The molecule has 2 aromatic carbocycles. The Balaban J connectivity index is 1.28. The van der Waals surface area contributed by atoms with Crippen molar-refractivity contribution in [2.75, 3.05) is 12.0 Å². The zero-order chi connectivity index (χ0) is 34.8. The van der Waals surface area contributed by atoms with Crippen LogP contribution in [0.3, 0.4) is 0 Å². The van der Waals surface area contributed by atoms with Crippen LogP contribution in [-0.4, -0.2) is 55.9 Å². The fraction of sp³-hybridized carbons (Fsp3) is 0.343. The number of thiophene rings is 1. The predicted octanol–water partition coefficient (Wildman–Crippen LogP) is 6.20. The number of amides is 4. The van der Waals surface area contributed by atoms with Gasteiger partial charge < -0.3 is 9.84 Å². The van der Waals surface area contributed by atoms with E-state index in [0.717, 1.165) is 26.1 Å². The quantitative estimate of drug-likeness (QED) is 0.107. The second kappa shape index (κ2) is 11.1. The van der Waals surface area contributed by atoms with E-state index in [4.69, 9.17) is 21.4 Å². The Hall–Kier alpha value is -3.79. The molecule has 1 saturated carbocycles. The number of benzene rings is 2. The van der Waals surface area contributed by atoms with E-state index in [2.05, 4.69) is 0 Å². The number of phenolic OH excluding ortho intramolecular Hbond substituents is 1. The number of phenols is 1. The molecule has 2 aromatic heterocycles. The van der Waals surface area contributed by atoms with Crippen molar-refractivity contribution in [3.05, 3.63) is 67.8 Å². The van der Waals surface area contributed by atoms with E-state index in [0.29, 0.717) is 25.7 Å². The lowest BCUT2D eigenvalue weighted by Crippen LogP contribution is -2.48. The lowest BCUT2D eigenvalue weighted by atomic mass is 9.51. The average Bonchev–Trinajstić information content (AvgIpc) is 3.73. The van der Waals surface area contributed by atoms with E-state index in [9.17, 15) is 29.5 Å². The van der Waals surface area contributed by atoms with Crippen molar-refractivity contribution in [2.45, 2.75) is 32.6 Å². The second-order valence-electron chi connectivity index (χ2n) is 13.4. The summed E-state index contributed by atoms with van der Waals surface area (Å²) in [6, 6.07) is 10.9. The van der Waals surface area contributed by atoms with Crippen molar-refractivity contribution in [3.8, 4) is 22.1 Å². The number of nitrogens with zero attached hydrogens (tertiary/aromatic N) is 4. The zero-order valence-corrected chi connectivity index (χ0v) is 30.5. The van der Waals surface area contributed by atoms with Gasteiger partial charge in [0.1, 0.15) is 11.5 Å². The van der Waals surface area contributed by atoms with E-state index in [1.165, 1.54) is 16.7 Å². The van der Waals surface area contributed by atoms with Crippen LogP contribution < -0.4 is 9.64 Å². The maximum atomic E-state index is 14.9. The number of ether oxygens (including phenoxy) is 1. The molecule has 49 heavy (non-hydrogen) atoms. The minimum absolute atomic E-state index is 0.0530. The highest BCUT2D eigenvalue weighted by Crippen LogP contribution is 2.64. The monoisotopic (exact) mass is 812 g/mol. The molecule has 2 saturated heterocycles. The molecule has 4 aliphatic rings. The van der Waals surface area contributed by atoms with Gasteiger partial charge in [0.15, 0.2) is 11.5 Å². The number of hydroxylamine groups is 2. The SMILES string of the molecule is COc1cc(C2C3=CCC4C(=O)N(O)C(=O)C4C3CC3C(=O)N(c4cc(-c5sc6ccc(Cl)cc6c5C)nn4C)C(=O)C32C)cc(I)c1O. The number of allylic oxidation sites excluding steroid dienone is 2. The van der Waals surface area contributed by atoms with Crippen LogP contribution in [0, 0.1) is 39.6 Å². The highest BCUT2D eigenvalue weighted by Gasteiger charge is 2.68. The van der Waals surface area contributed by atoms with Gasteiger partial charge in [-0.05, 0) is 102 Å². The van der Waals surface area contributed by atoms with Gasteiger partial charge in [-0.2, -0.15) is 10.2 Å². The number of hydrogen-bond acceptors (Lipinski definition) is 9. The Bertz CT molecular complexity index is 2210. The van der Waals surface area contributed by atoms with Crippen LogP contribution in [0.4, 0.5) is 5.82 Å². The first-order chi connectivity index (χ1) is 23.3. The third-order valence-electron chi connectivity index (χ3n) is 11.1. The summed E-state index contributed by atoms with van der Waals surface area (Å²) in [6.45, 7) is 3.78. The van der Waals surface area contributed by atoms with Crippen molar-refractivity contribution in [1.82, 2.24) is 14.8 Å². The van der Waals surface area contributed by atoms with Crippen LogP contribution in [0.1, 0.15) is 36.8 Å². The van der Waals surface area contributed by atoms with Crippen molar-refractivity contribution in [2.24, 2.45) is 36.1 Å². The van der Waals surface area contributed by atoms with Crippen LogP contribution >= 0.6 is 45.5 Å². The van der Waals surface area contributed by atoms with Gasteiger partial charge in [0.25, 0.3) is 11.8 Å². The van der Waals surface area contributed by atoms with Crippen molar-refractivity contribution in [1.29, 1.82) is 0 Å². The standard InChI is InChI=1S/C35H30ClIN4O7S/c1-14-19-11-16(36)5-8-25(19)49-30(14)23-13-26(39(3)38-23)40-32(44)21-12-20-17(6-7-18-27(20)33(45)41(47)31(18)43)28(35(21,2)34(40)46)15-9-22(37)29(42)24(10-15)48-4/h5-6,8-11,13,18,20-21,27-28,42,47H,7,12H2,1-4H3. The summed E-state index contributed by atoms with van der Waals surface area (Å²) in [5.74, 6) is -5.52. The molecule has 6 atom stereocenters. The minimum atomic E-state index is -1.31. The third-order valence-corrected chi connectivity index (χ3v) is 13.4. The van der Waals surface area contributed by atoms with E-state index in [1.807, 2.05) is 53.8 Å². The van der Waals surface area contributed by atoms with Crippen LogP contribution in [0.15, 0.2) is 48.0 Å². The first-order valence-electron chi connectivity index (χ1n) is 15.7. The normalized spacial score (nSPS) is 27.9. The molecule has 2 N–H and O–H groups in total. The van der Waals surface area contributed by atoms with E-state index >= 15 is 0 Å². The molecule has 0 spiro atoms. The van der Waals surface area contributed by atoms with Gasteiger partial charge in [0.2, 0.25) is 11.8 Å². The highest BCUT2D eigenvalue weighted by atomic mass is 127. The van der Waals surface area contributed by atoms with Crippen LogP contribution in [0.25, 0.3) is 20.7 Å². The molecule has 0 bridgehead atoms. The Morgan fingerprint density at radius 3 is 2.57 bits per heavy atom. The Morgan fingerprint density at radius 1 is 1.08 bits per heavy atom. The molecule has 8 rings (SSSR count). The number of hydrogen-bond donors (Lipinski definition) is 2. The molecule has 4 heterocycles. The molecule has 252 valence electrons. The molecule has 0 radical (unpaired) electrons. The summed E-state index contributed by atoms with van der Waals surface area (Å²) in [7, 11) is 3.13. The number of imide groups is 2. The van der Waals surface area contributed by atoms with Crippen molar-refractivity contribution in [3.63, 3.8) is 0 Å². The van der Waals surface area contributed by atoms with Crippen molar-refractivity contribution >= 4 is 85.1 Å². The lowest BCUT2D eigenvalue weighted by molar-refractivity contribution is -0.173. The van der Waals surface area contributed by atoms with Gasteiger partial charge in [0, 0.05) is 28.8 Å². The maximum Gasteiger partial charge on any atom is 0.257 e. The van der Waals surface area contributed by atoms with Crippen LogP contribution in [0.2, 0.25) is 5.02 Å². The number of aryl methyl sites for hydroxylation is 2. The van der Waals surface area contributed by atoms with Crippen LogP contribution in [0.5, 0.6) is 11.5 Å². The smallest absolute Gasteiger partial charge is 0.257 e. The average molecular weight is 813 g/mol. The lowest BCUT2D eigenvalue weighted by Gasteiger charge is -2.49. The molecule has 4 amide bonds. The van der Waals surface area contributed by atoms with Gasteiger partial charge in [-0.1, -0.05) is 23.3 Å². The number of anilines is 1. The zero-order valence-electron chi connectivity index (χ0n) is 26.7.